The number of imidazole rings is 1. The number of carbonyl (C=O) groups is 4. The van der Waals surface area contributed by atoms with Gasteiger partial charge in [-0.2, -0.15) is 0 Å². The average molecular weight is 976 g/mol. The van der Waals surface area contributed by atoms with Crippen molar-refractivity contribution in [3.63, 3.8) is 0 Å². The number of fused-ring (bicyclic) bond motifs is 1. The number of ether oxygens (including phenoxy) is 1. The molecule has 1 fully saturated rings. The molecule has 7 atom stereocenters. The number of ketones is 1. The summed E-state index contributed by atoms with van der Waals surface area (Å²) in [5.74, 6) is -1.52. The second-order valence-corrected chi connectivity index (χ2v) is 21.1. The molecular formula is C30H40N7O18P3S3-4. The average Bonchev–Trinajstić information content (AvgIpc) is 3.90. The minimum absolute atomic E-state index is 0.0281. The molecule has 61 heavy (non-hydrogen) atoms. The number of thiophene rings is 1. The summed E-state index contributed by atoms with van der Waals surface area (Å²) in [6, 6.07) is 3.72. The van der Waals surface area contributed by atoms with E-state index in [0.29, 0.717) is 0 Å². The number of aromatic nitrogens is 4. The van der Waals surface area contributed by atoms with Crippen LogP contribution in [0.15, 0.2) is 34.4 Å². The van der Waals surface area contributed by atoms with Gasteiger partial charge >= 0.3 is 0 Å². The largest absolute Gasteiger partial charge is 0.790 e. The van der Waals surface area contributed by atoms with Crippen LogP contribution in [0, 0.1) is 5.41 Å². The van der Waals surface area contributed by atoms with Crippen molar-refractivity contribution in [2.45, 2.75) is 68.0 Å². The Morgan fingerprint density at radius 3 is 2.48 bits per heavy atom. The Bertz CT molecular complexity index is 2180. The second kappa shape index (κ2) is 21.3. The van der Waals surface area contributed by atoms with E-state index in [2.05, 4.69) is 43.5 Å². The maximum absolute atomic E-state index is 12.6. The number of phosphoric ester groups is 3. The standard InChI is InChI=1S/C30H44N7O18P3S3/c1-29(2,25(42)28(43)33-7-6-19(39)32-8-10-59-20(40)11-17(38)13-61-21-5-4-9-60-21)14-52-58(49,50)55-57(47,48)51-12-18-23(54-56(44,45)46)24(41)30(3,53-18)37-16-36-22-26(31)34-15-35-27(22)37/h4-5,9,15-16,18,23-25,41-42H,6-8,10-14H2,1-3H3,(H,32,39)(H,33,43)(H,47,48)(H,49,50)(H2,31,34,35)(H2,44,45,46)/p-4. The van der Waals surface area contributed by atoms with Gasteiger partial charge in [0.25, 0.3) is 15.6 Å². The predicted molar refractivity (Wildman–Crippen MR) is 208 cm³/mol. The maximum Gasteiger partial charge on any atom is 0.274 e. The van der Waals surface area contributed by atoms with Gasteiger partial charge in [-0.15, -0.1) is 23.1 Å². The van der Waals surface area contributed by atoms with E-state index in [0.717, 1.165) is 33.2 Å². The van der Waals surface area contributed by atoms with Crippen LogP contribution in [0.2, 0.25) is 0 Å². The first-order chi connectivity index (χ1) is 28.3. The lowest BCUT2D eigenvalue weighted by Gasteiger charge is -2.36. The van der Waals surface area contributed by atoms with Gasteiger partial charge in [0, 0.05) is 30.7 Å². The van der Waals surface area contributed by atoms with Gasteiger partial charge in [-0.1, -0.05) is 31.7 Å². The van der Waals surface area contributed by atoms with Crippen LogP contribution in [0.5, 0.6) is 0 Å². The highest BCUT2D eigenvalue weighted by Gasteiger charge is 2.55. The number of phosphoric acid groups is 3. The third-order valence-electron chi connectivity index (χ3n) is 8.44. The molecule has 3 aromatic rings. The molecule has 0 radical (unpaired) electrons. The number of Topliss-reactive ketones (excluding diaryl/α,β-unsaturated/α-hetero) is 1. The lowest BCUT2D eigenvalue weighted by Crippen LogP contribution is -2.46. The monoisotopic (exact) mass is 975 g/mol. The molecule has 4 rings (SSSR count). The van der Waals surface area contributed by atoms with E-state index in [4.69, 9.17) is 10.5 Å². The van der Waals surface area contributed by atoms with E-state index in [9.17, 15) is 62.7 Å². The lowest BCUT2D eigenvalue weighted by atomic mass is 9.87. The van der Waals surface area contributed by atoms with Crippen LogP contribution in [0.3, 0.4) is 0 Å². The SMILES string of the molecule is CC(C)(COP(=O)([O-])OP(=O)([O-])OCC1OC(C)(n2cnc3c(N)ncnc32)C(O)C1OP(=O)([O-])[O-])C(O)C(=O)NCCC(=O)NCCSC(=O)CC(=O)CSc1cccs1. The summed E-state index contributed by atoms with van der Waals surface area (Å²) < 4.78 is 62.1. The molecule has 2 amide bonds. The summed E-state index contributed by atoms with van der Waals surface area (Å²) in [7, 11) is -17.7. The van der Waals surface area contributed by atoms with Crippen LogP contribution in [0.25, 0.3) is 11.2 Å². The summed E-state index contributed by atoms with van der Waals surface area (Å²) >= 11 is 3.71. The van der Waals surface area contributed by atoms with Gasteiger partial charge in [-0.25, -0.2) is 19.3 Å². The molecule has 4 heterocycles. The smallest absolute Gasteiger partial charge is 0.274 e. The molecule has 31 heteroatoms. The molecule has 25 nitrogen and oxygen atoms in total. The van der Waals surface area contributed by atoms with Crippen molar-refractivity contribution in [3.8, 4) is 0 Å². The molecule has 340 valence electrons. The number of thioether (sulfide) groups is 2. The lowest BCUT2D eigenvalue weighted by molar-refractivity contribution is -0.347. The molecule has 0 aliphatic carbocycles. The van der Waals surface area contributed by atoms with Gasteiger partial charge in [0.05, 0.1) is 43.7 Å². The highest BCUT2D eigenvalue weighted by molar-refractivity contribution is 8.13. The fourth-order valence-corrected chi connectivity index (χ4v) is 10.4. The number of aliphatic hydroxyl groups excluding tert-OH is 2. The van der Waals surface area contributed by atoms with Crippen molar-refractivity contribution in [1.82, 2.24) is 30.2 Å². The number of nitrogens with one attached hydrogen (secondary N) is 2. The first-order valence-electron chi connectivity index (χ1n) is 17.5. The van der Waals surface area contributed by atoms with Gasteiger partial charge in [0.15, 0.2) is 28.1 Å². The maximum atomic E-state index is 12.6. The molecule has 0 aromatic carbocycles. The zero-order valence-corrected chi connectivity index (χ0v) is 37.3. The van der Waals surface area contributed by atoms with Crippen molar-refractivity contribution in [2.24, 2.45) is 5.41 Å². The van der Waals surface area contributed by atoms with E-state index in [-0.39, 0.29) is 65.3 Å². The molecule has 7 unspecified atom stereocenters. The Hall–Kier alpha value is -2.72. The summed E-state index contributed by atoms with van der Waals surface area (Å²) in [5.41, 5.74) is 1.97. The molecule has 1 aliphatic rings. The molecule has 0 saturated carbocycles. The van der Waals surface area contributed by atoms with Crippen molar-refractivity contribution < 1.29 is 85.3 Å². The minimum atomic E-state index is -5.95. The normalized spacial score (nSPS) is 22.0. The number of aliphatic hydroxyl groups is 2. The number of carbonyl (C=O) groups excluding carboxylic acids is 4. The van der Waals surface area contributed by atoms with Crippen LogP contribution in [-0.2, 0) is 61.2 Å². The number of nitrogens with two attached hydrogens (primary N) is 1. The van der Waals surface area contributed by atoms with Gasteiger partial charge in [-0.3, -0.25) is 32.9 Å². The van der Waals surface area contributed by atoms with Crippen molar-refractivity contribution >= 4 is 98.0 Å². The van der Waals surface area contributed by atoms with Crippen LogP contribution < -0.4 is 35.9 Å². The number of hydrogen-bond acceptors (Lipinski definition) is 25. The zero-order valence-electron chi connectivity index (χ0n) is 32.2. The Balaban J connectivity index is 1.20. The number of hydrogen-bond donors (Lipinski definition) is 5. The Morgan fingerprint density at radius 2 is 1.80 bits per heavy atom. The van der Waals surface area contributed by atoms with Gasteiger partial charge in [0.1, 0.15) is 36.3 Å². The van der Waals surface area contributed by atoms with E-state index in [1.54, 1.807) is 0 Å². The molecule has 0 bridgehead atoms. The quantitative estimate of drug-likeness (QED) is 0.0284. The highest BCUT2D eigenvalue weighted by Crippen LogP contribution is 2.56. The summed E-state index contributed by atoms with van der Waals surface area (Å²) in [6.07, 6.45) is -6.45. The van der Waals surface area contributed by atoms with E-state index in [1.807, 2.05) is 17.5 Å². The second-order valence-electron chi connectivity index (χ2n) is 13.7. The fourth-order valence-electron chi connectivity index (χ4n) is 5.35. The molecular weight excluding hydrogens is 935 g/mol. The first-order valence-corrected chi connectivity index (χ1v) is 24.7. The highest BCUT2D eigenvalue weighted by atomic mass is 32.2. The Kier molecular flexibility index (Phi) is 17.8. The Morgan fingerprint density at radius 1 is 1.10 bits per heavy atom. The van der Waals surface area contributed by atoms with E-state index < -0.39 is 84.1 Å². The number of anilines is 1. The topological polar surface area (TPSA) is 392 Å². The number of nitrogens with zero attached hydrogens (tertiary/aromatic N) is 4. The Labute approximate surface area is 359 Å². The molecule has 3 aromatic heterocycles. The predicted octanol–water partition coefficient (Wildman–Crippen LogP) is -1.88. The van der Waals surface area contributed by atoms with Crippen LogP contribution in [0.4, 0.5) is 5.82 Å². The number of amides is 2. The van der Waals surface area contributed by atoms with Crippen molar-refractivity contribution in [2.75, 3.05) is 43.5 Å². The molecule has 1 aliphatic heterocycles. The molecule has 6 N–H and O–H groups in total. The summed E-state index contributed by atoms with van der Waals surface area (Å²) in [6.45, 7) is 1.03. The van der Waals surface area contributed by atoms with Crippen LogP contribution in [0.1, 0.15) is 33.6 Å². The molecule has 1 saturated heterocycles. The zero-order chi connectivity index (χ0) is 45.4. The van der Waals surface area contributed by atoms with E-state index >= 15 is 0 Å². The minimum Gasteiger partial charge on any atom is -0.790 e. The van der Waals surface area contributed by atoms with Gasteiger partial charge < -0.3 is 69.0 Å². The van der Waals surface area contributed by atoms with E-state index in [1.165, 1.54) is 43.9 Å². The number of nitrogen functional groups attached to an aromatic ring is 1. The summed E-state index contributed by atoms with van der Waals surface area (Å²) in [4.78, 5) is 109. The first kappa shape index (κ1) is 50.9. The van der Waals surface area contributed by atoms with Crippen molar-refractivity contribution in [3.05, 3.63) is 30.2 Å². The summed E-state index contributed by atoms with van der Waals surface area (Å²) in [5, 5.41) is 28.0. The van der Waals surface area contributed by atoms with Crippen LogP contribution >= 0.6 is 58.3 Å². The van der Waals surface area contributed by atoms with Crippen molar-refractivity contribution in [1.29, 1.82) is 0 Å². The third kappa shape index (κ3) is 14.9. The van der Waals surface area contributed by atoms with Gasteiger partial charge in [0.2, 0.25) is 11.8 Å². The third-order valence-corrected chi connectivity index (χ3v) is 14.5. The fraction of sp³-hybridized carbons (Fsp3) is 0.567. The van der Waals surface area contributed by atoms with Crippen LogP contribution in [-0.4, -0.2) is 115 Å². The van der Waals surface area contributed by atoms with Gasteiger partial charge in [-0.05, 0) is 18.4 Å². The molecule has 0 spiro atoms. The number of rotatable bonds is 24.